The van der Waals surface area contributed by atoms with Gasteiger partial charge in [-0.3, -0.25) is 0 Å². The van der Waals surface area contributed by atoms with E-state index in [-0.39, 0.29) is 11.5 Å². The Hall–Kier alpha value is -1.22. The summed E-state index contributed by atoms with van der Waals surface area (Å²) in [6.07, 6.45) is 2.93. The lowest BCUT2D eigenvalue weighted by Crippen LogP contribution is -2.35. The Bertz CT molecular complexity index is 410. The summed E-state index contributed by atoms with van der Waals surface area (Å²) in [5.41, 5.74) is 7.61. The number of nitrogens with two attached hydrogens (primary N) is 1. The van der Waals surface area contributed by atoms with Crippen LogP contribution in [0.5, 0.6) is 11.5 Å². The summed E-state index contributed by atoms with van der Waals surface area (Å²) in [6, 6.07) is 6.34. The summed E-state index contributed by atoms with van der Waals surface area (Å²) in [5.74, 6) is 1.62. The molecule has 3 heteroatoms. The summed E-state index contributed by atoms with van der Waals surface area (Å²) in [6.45, 7) is 9.35. The van der Waals surface area contributed by atoms with E-state index >= 15 is 0 Å². The van der Waals surface area contributed by atoms with Gasteiger partial charge in [0.2, 0.25) is 0 Å². The van der Waals surface area contributed by atoms with Crippen LogP contribution >= 0.6 is 0 Å². The molecular formula is C17H29NO2. The zero-order valence-corrected chi connectivity index (χ0v) is 13.5. The highest BCUT2D eigenvalue weighted by molar-refractivity contribution is 5.43. The number of benzene rings is 1. The van der Waals surface area contributed by atoms with E-state index in [0.29, 0.717) is 6.61 Å². The quantitative estimate of drug-likeness (QED) is 0.826. The standard InChI is InChI=1S/C17H29NO2/c1-6-11-20-15-12-13(7-9-14(15)19-5)8-10-16(18)17(2,3)4/h7,9,12,16H,6,8,10-11,18H2,1-5H3. The van der Waals surface area contributed by atoms with Crippen LogP contribution in [0.2, 0.25) is 0 Å². The Morgan fingerprint density at radius 1 is 1.20 bits per heavy atom. The molecule has 1 atom stereocenters. The fraction of sp³-hybridized carbons (Fsp3) is 0.647. The average molecular weight is 279 g/mol. The van der Waals surface area contributed by atoms with Crippen LogP contribution in [-0.4, -0.2) is 19.8 Å². The Morgan fingerprint density at radius 3 is 2.45 bits per heavy atom. The van der Waals surface area contributed by atoms with Crippen molar-refractivity contribution in [3.63, 3.8) is 0 Å². The van der Waals surface area contributed by atoms with Crippen molar-refractivity contribution in [3.05, 3.63) is 23.8 Å². The van der Waals surface area contributed by atoms with Gasteiger partial charge in [-0.2, -0.15) is 0 Å². The van der Waals surface area contributed by atoms with Crippen molar-refractivity contribution in [2.75, 3.05) is 13.7 Å². The Morgan fingerprint density at radius 2 is 1.90 bits per heavy atom. The van der Waals surface area contributed by atoms with E-state index in [2.05, 4.69) is 39.8 Å². The number of methoxy groups -OCH3 is 1. The fourth-order valence-electron chi connectivity index (χ4n) is 1.96. The van der Waals surface area contributed by atoms with Crippen molar-refractivity contribution >= 4 is 0 Å². The average Bonchev–Trinajstić information content (AvgIpc) is 2.41. The smallest absolute Gasteiger partial charge is 0.161 e. The van der Waals surface area contributed by atoms with E-state index in [4.69, 9.17) is 15.2 Å². The van der Waals surface area contributed by atoms with Gasteiger partial charge in [0.15, 0.2) is 11.5 Å². The van der Waals surface area contributed by atoms with Gasteiger partial charge in [-0.1, -0.05) is 33.8 Å². The Kier molecular flexibility index (Phi) is 6.34. The molecule has 0 aliphatic rings. The van der Waals surface area contributed by atoms with Crippen molar-refractivity contribution < 1.29 is 9.47 Å². The largest absolute Gasteiger partial charge is 0.493 e. The van der Waals surface area contributed by atoms with Crippen LogP contribution in [0.15, 0.2) is 18.2 Å². The third kappa shape index (κ3) is 5.04. The number of aryl methyl sites for hydroxylation is 1. The van der Waals surface area contributed by atoms with E-state index in [1.165, 1.54) is 5.56 Å². The Balaban J connectivity index is 2.71. The molecule has 1 rings (SSSR count). The van der Waals surface area contributed by atoms with Crippen LogP contribution in [0.4, 0.5) is 0 Å². The lowest BCUT2D eigenvalue weighted by Gasteiger charge is -2.27. The predicted octanol–water partition coefficient (Wildman–Crippen LogP) is 3.79. The lowest BCUT2D eigenvalue weighted by molar-refractivity contribution is 0.293. The summed E-state index contributed by atoms with van der Waals surface area (Å²) < 4.78 is 11.1. The van der Waals surface area contributed by atoms with Crippen molar-refractivity contribution in [3.8, 4) is 11.5 Å². The maximum Gasteiger partial charge on any atom is 0.161 e. The van der Waals surface area contributed by atoms with Gasteiger partial charge in [-0.25, -0.2) is 0 Å². The van der Waals surface area contributed by atoms with Crippen molar-refractivity contribution in [2.24, 2.45) is 11.1 Å². The molecule has 0 aliphatic carbocycles. The Labute approximate surface area is 123 Å². The van der Waals surface area contributed by atoms with E-state index in [9.17, 15) is 0 Å². The van der Waals surface area contributed by atoms with Gasteiger partial charge in [0.05, 0.1) is 13.7 Å². The highest BCUT2D eigenvalue weighted by atomic mass is 16.5. The molecule has 0 aromatic heterocycles. The molecule has 1 aromatic carbocycles. The highest BCUT2D eigenvalue weighted by Gasteiger charge is 2.20. The van der Waals surface area contributed by atoms with Gasteiger partial charge in [0.1, 0.15) is 0 Å². The molecule has 3 nitrogen and oxygen atoms in total. The molecule has 0 saturated carbocycles. The molecule has 1 unspecified atom stereocenters. The number of hydrogen-bond acceptors (Lipinski definition) is 3. The van der Waals surface area contributed by atoms with Crippen LogP contribution in [0.25, 0.3) is 0 Å². The molecule has 0 spiro atoms. The first-order valence-electron chi connectivity index (χ1n) is 7.43. The van der Waals surface area contributed by atoms with Gasteiger partial charge in [-0.05, 0) is 42.4 Å². The van der Waals surface area contributed by atoms with Crippen LogP contribution in [0.1, 0.15) is 46.1 Å². The van der Waals surface area contributed by atoms with Crippen molar-refractivity contribution in [1.82, 2.24) is 0 Å². The molecule has 0 heterocycles. The molecular weight excluding hydrogens is 250 g/mol. The summed E-state index contributed by atoms with van der Waals surface area (Å²) in [4.78, 5) is 0. The van der Waals surface area contributed by atoms with E-state index in [0.717, 1.165) is 30.8 Å². The van der Waals surface area contributed by atoms with Gasteiger partial charge in [0, 0.05) is 6.04 Å². The number of ether oxygens (including phenoxy) is 2. The van der Waals surface area contributed by atoms with Gasteiger partial charge >= 0.3 is 0 Å². The molecule has 0 fully saturated rings. The van der Waals surface area contributed by atoms with Crippen LogP contribution in [-0.2, 0) is 6.42 Å². The fourth-order valence-corrected chi connectivity index (χ4v) is 1.96. The van der Waals surface area contributed by atoms with Gasteiger partial charge in [-0.15, -0.1) is 0 Å². The molecule has 20 heavy (non-hydrogen) atoms. The van der Waals surface area contributed by atoms with Crippen LogP contribution in [0.3, 0.4) is 0 Å². The van der Waals surface area contributed by atoms with E-state index < -0.39 is 0 Å². The zero-order valence-electron chi connectivity index (χ0n) is 13.5. The normalized spacial score (nSPS) is 13.1. The third-order valence-electron chi connectivity index (χ3n) is 3.55. The van der Waals surface area contributed by atoms with E-state index in [1.807, 2.05) is 6.07 Å². The maximum atomic E-state index is 6.22. The molecule has 0 saturated heterocycles. The van der Waals surface area contributed by atoms with E-state index in [1.54, 1.807) is 7.11 Å². The molecule has 0 amide bonds. The molecule has 0 bridgehead atoms. The monoisotopic (exact) mass is 279 g/mol. The third-order valence-corrected chi connectivity index (χ3v) is 3.55. The van der Waals surface area contributed by atoms with Crippen molar-refractivity contribution in [1.29, 1.82) is 0 Å². The van der Waals surface area contributed by atoms with Gasteiger partial charge in [0.25, 0.3) is 0 Å². The second kappa shape index (κ2) is 7.53. The van der Waals surface area contributed by atoms with Crippen LogP contribution < -0.4 is 15.2 Å². The zero-order chi connectivity index (χ0) is 15.2. The molecule has 2 N–H and O–H groups in total. The van der Waals surface area contributed by atoms with Gasteiger partial charge < -0.3 is 15.2 Å². The first kappa shape index (κ1) is 16.8. The summed E-state index contributed by atoms with van der Waals surface area (Å²) in [7, 11) is 1.67. The SMILES string of the molecule is CCCOc1cc(CCC(N)C(C)(C)C)ccc1OC. The summed E-state index contributed by atoms with van der Waals surface area (Å²) >= 11 is 0. The second-order valence-corrected chi connectivity index (χ2v) is 6.34. The molecule has 0 radical (unpaired) electrons. The minimum absolute atomic E-state index is 0.147. The maximum absolute atomic E-state index is 6.22. The van der Waals surface area contributed by atoms with Crippen molar-refractivity contribution in [2.45, 2.75) is 53.0 Å². The first-order valence-corrected chi connectivity index (χ1v) is 7.43. The molecule has 114 valence electrons. The highest BCUT2D eigenvalue weighted by Crippen LogP contribution is 2.29. The minimum Gasteiger partial charge on any atom is -0.493 e. The number of rotatable bonds is 7. The minimum atomic E-state index is 0.147. The predicted molar refractivity (Wildman–Crippen MR) is 84.5 cm³/mol. The first-order chi connectivity index (χ1) is 9.38. The summed E-state index contributed by atoms with van der Waals surface area (Å²) in [5, 5.41) is 0. The van der Waals surface area contributed by atoms with Crippen LogP contribution in [0, 0.1) is 5.41 Å². The second-order valence-electron chi connectivity index (χ2n) is 6.34. The topological polar surface area (TPSA) is 44.5 Å². The number of hydrogen-bond donors (Lipinski definition) is 1. The molecule has 0 aliphatic heterocycles. The lowest BCUT2D eigenvalue weighted by atomic mass is 9.84. The molecule has 1 aromatic rings.